The van der Waals surface area contributed by atoms with Crippen LogP contribution in [-0.4, -0.2) is 28.9 Å². The van der Waals surface area contributed by atoms with Gasteiger partial charge in [-0.1, -0.05) is 12.1 Å². The van der Waals surface area contributed by atoms with Crippen molar-refractivity contribution in [1.82, 2.24) is 0 Å². The molecule has 74 valence electrons. The Morgan fingerprint density at radius 2 is 2.29 bits per heavy atom. The molecule has 0 spiro atoms. The molecular weight excluding hydrogens is 184 g/mol. The molecule has 0 bridgehead atoms. The van der Waals surface area contributed by atoms with E-state index in [2.05, 4.69) is 0 Å². The molecule has 0 radical (unpaired) electrons. The fourth-order valence-electron chi connectivity index (χ4n) is 1.58. The number of rotatable bonds is 1. The predicted octanol–water partition coefficient (Wildman–Crippen LogP) is 0.681. The fourth-order valence-corrected chi connectivity index (χ4v) is 1.58. The standard InChI is InChI=1S/C10H10O4/c11-7-4-6-2-1-3-8(10(12)13)9(6)14-5-7/h1-3,7,11H,4-5H2,(H,12,13). The molecule has 0 aromatic heterocycles. The van der Waals surface area contributed by atoms with Crippen LogP contribution in [0.3, 0.4) is 0 Å². The number of hydrogen-bond donors (Lipinski definition) is 2. The minimum atomic E-state index is -1.00. The molecule has 0 saturated heterocycles. The maximum Gasteiger partial charge on any atom is 0.339 e. The van der Waals surface area contributed by atoms with Crippen LogP contribution in [0.15, 0.2) is 18.2 Å². The molecule has 4 nitrogen and oxygen atoms in total. The van der Waals surface area contributed by atoms with Crippen LogP contribution in [0, 0.1) is 0 Å². The predicted molar refractivity (Wildman–Crippen MR) is 48.6 cm³/mol. The SMILES string of the molecule is O=C(O)c1cccc2c1OCC(O)C2. The highest BCUT2D eigenvalue weighted by Gasteiger charge is 2.22. The lowest BCUT2D eigenvalue weighted by molar-refractivity contribution is 0.0669. The Balaban J connectivity index is 2.46. The zero-order valence-corrected chi connectivity index (χ0v) is 7.43. The van der Waals surface area contributed by atoms with Gasteiger partial charge in [0.15, 0.2) is 0 Å². The van der Waals surface area contributed by atoms with Crippen molar-refractivity contribution in [1.29, 1.82) is 0 Å². The fraction of sp³-hybridized carbons (Fsp3) is 0.300. The van der Waals surface area contributed by atoms with E-state index in [0.29, 0.717) is 12.2 Å². The minimum absolute atomic E-state index is 0.161. The summed E-state index contributed by atoms with van der Waals surface area (Å²) in [5.41, 5.74) is 0.915. The lowest BCUT2D eigenvalue weighted by Crippen LogP contribution is -2.26. The van der Waals surface area contributed by atoms with Gasteiger partial charge in [-0.2, -0.15) is 0 Å². The number of aliphatic hydroxyl groups is 1. The van der Waals surface area contributed by atoms with Crippen LogP contribution in [-0.2, 0) is 6.42 Å². The van der Waals surface area contributed by atoms with Gasteiger partial charge in [0.1, 0.15) is 17.9 Å². The molecule has 0 aliphatic carbocycles. The van der Waals surface area contributed by atoms with E-state index in [1.54, 1.807) is 12.1 Å². The largest absolute Gasteiger partial charge is 0.490 e. The zero-order chi connectivity index (χ0) is 10.1. The maximum atomic E-state index is 10.8. The molecule has 1 aliphatic heterocycles. The van der Waals surface area contributed by atoms with Gasteiger partial charge in [-0.05, 0) is 11.6 Å². The van der Waals surface area contributed by atoms with Crippen molar-refractivity contribution in [3.8, 4) is 5.75 Å². The van der Waals surface area contributed by atoms with Crippen molar-refractivity contribution in [2.75, 3.05) is 6.61 Å². The quantitative estimate of drug-likeness (QED) is 0.689. The van der Waals surface area contributed by atoms with Gasteiger partial charge in [0.05, 0.1) is 6.10 Å². The van der Waals surface area contributed by atoms with Crippen molar-refractivity contribution in [3.05, 3.63) is 29.3 Å². The summed E-state index contributed by atoms with van der Waals surface area (Å²) in [6.07, 6.45) is -0.0808. The van der Waals surface area contributed by atoms with Crippen molar-refractivity contribution in [3.63, 3.8) is 0 Å². The molecule has 0 fully saturated rings. The molecule has 14 heavy (non-hydrogen) atoms. The topological polar surface area (TPSA) is 66.8 Å². The molecule has 2 rings (SSSR count). The average Bonchev–Trinajstić information content (AvgIpc) is 2.16. The van der Waals surface area contributed by atoms with Crippen LogP contribution in [0.2, 0.25) is 0 Å². The van der Waals surface area contributed by atoms with Gasteiger partial charge in [-0.25, -0.2) is 4.79 Å². The lowest BCUT2D eigenvalue weighted by Gasteiger charge is -2.22. The maximum absolute atomic E-state index is 10.8. The van der Waals surface area contributed by atoms with E-state index >= 15 is 0 Å². The monoisotopic (exact) mass is 194 g/mol. The van der Waals surface area contributed by atoms with E-state index in [4.69, 9.17) is 9.84 Å². The first kappa shape index (κ1) is 9.02. The molecule has 0 saturated carbocycles. The third kappa shape index (κ3) is 1.44. The highest BCUT2D eigenvalue weighted by Crippen LogP contribution is 2.28. The van der Waals surface area contributed by atoms with Gasteiger partial charge in [-0.15, -0.1) is 0 Å². The minimum Gasteiger partial charge on any atom is -0.490 e. The smallest absolute Gasteiger partial charge is 0.339 e. The first-order valence-corrected chi connectivity index (χ1v) is 4.34. The summed E-state index contributed by atoms with van der Waals surface area (Å²) in [6, 6.07) is 4.92. The van der Waals surface area contributed by atoms with Crippen molar-refractivity contribution >= 4 is 5.97 Å². The van der Waals surface area contributed by atoms with Crippen LogP contribution in [0.5, 0.6) is 5.75 Å². The normalized spacial score (nSPS) is 19.6. The summed E-state index contributed by atoms with van der Waals surface area (Å²) in [5, 5.41) is 18.2. The average molecular weight is 194 g/mol. The Morgan fingerprint density at radius 3 is 3.00 bits per heavy atom. The molecule has 1 heterocycles. The molecule has 1 aromatic rings. The van der Waals surface area contributed by atoms with E-state index < -0.39 is 12.1 Å². The molecular formula is C10H10O4. The zero-order valence-electron chi connectivity index (χ0n) is 7.43. The van der Waals surface area contributed by atoms with Crippen molar-refractivity contribution < 1.29 is 19.7 Å². The van der Waals surface area contributed by atoms with Gasteiger partial charge in [0.2, 0.25) is 0 Å². The Morgan fingerprint density at radius 1 is 1.50 bits per heavy atom. The number of carbonyl (C=O) groups is 1. The third-order valence-electron chi connectivity index (χ3n) is 2.20. The van der Waals surface area contributed by atoms with Crippen molar-refractivity contribution in [2.45, 2.75) is 12.5 Å². The molecule has 1 aliphatic rings. The second kappa shape index (κ2) is 3.31. The second-order valence-electron chi connectivity index (χ2n) is 3.27. The Hall–Kier alpha value is -1.55. The number of ether oxygens (including phenoxy) is 1. The van der Waals surface area contributed by atoms with Gasteiger partial charge >= 0.3 is 5.97 Å². The summed E-state index contributed by atoms with van der Waals surface area (Å²) in [7, 11) is 0. The number of hydrogen-bond acceptors (Lipinski definition) is 3. The number of fused-ring (bicyclic) bond motifs is 1. The van der Waals surface area contributed by atoms with Crippen LogP contribution in [0.4, 0.5) is 0 Å². The molecule has 4 heteroatoms. The Kier molecular flexibility index (Phi) is 2.13. The third-order valence-corrected chi connectivity index (χ3v) is 2.20. The summed E-state index contributed by atoms with van der Waals surface area (Å²) in [4.78, 5) is 10.8. The Labute approximate surface area is 80.7 Å². The molecule has 2 N–H and O–H groups in total. The lowest BCUT2D eigenvalue weighted by atomic mass is 10.0. The Bertz CT molecular complexity index is 372. The van der Waals surface area contributed by atoms with Gasteiger partial charge in [0, 0.05) is 6.42 Å². The van der Waals surface area contributed by atoms with E-state index in [1.807, 2.05) is 0 Å². The van der Waals surface area contributed by atoms with E-state index in [1.165, 1.54) is 6.07 Å². The molecule has 1 unspecified atom stereocenters. The number of benzene rings is 1. The van der Waals surface area contributed by atoms with Crippen LogP contribution in [0.25, 0.3) is 0 Å². The first-order chi connectivity index (χ1) is 6.68. The number of carboxylic acid groups (broad SMARTS) is 1. The summed E-state index contributed by atoms with van der Waals surface area (Å²) >= 11 is 0. The molecule has 1 atom stereocenters. The highest BCUT2D eigenvalue weighted by atomic mass is 16.5. The van der Waals surface area contributed by atoms with E-state index in [9.17, 15) is 9.90 Å². The number of aliphatic hydroxyl groups excluding tert-OH is 1. The van der Waals surface area contributed by atoms with Gasteiger partial charge in [0.25, 0.3) is 0 Å². The van der Waals surface area contributed by atoms with Crippen LogP contribution in [0.1, 0.15) is 15.9 Å². The van der Waals surface area contributed by atoms with Crippen LogP contribution >= 0.6 is 0 Å². The highest BCUT2D eigenvalue weighted by molar-refractivity contribution is 5.91. The molecule has 1 aromatic carbocycles. The van der Waals surface area contributed by atoms with Gasteiger partial charge < -0.3 is 14.9 Å². The van der Waals surface area contributed by atoms with Crippen LogP contribution < -0.4 is 4.74 Å². The van der Waals surface area contributed by atoms with Gasteiger partial charge in [-0.3, -0.25) is 0 Å². The summed E-state index contributed by atoms with van der Waals surface area (Å²) < 4.78 is 5.20. The summed E-state index contributed by atoms with van der Waals surface area (Å²) in [5.74, 6) is -0.608. The summed E-state index contributed by atoms with van der Waals surface area (Å²) in [6.45, 7) is 0.164. The number of para-hydroxylation sites is 1. The van der Waals surface area contributed by atoms with Crippen molar-refractivity contribution in [2.24, 2.45) is 0 Å². The number of carboxylic acids is 1. The first-order valence-electron chi connectivity index (χ1n) is 4.34. The van der Waals surface area contributed by atoms with E-state index in [-0.39, 0.29) is 12.2 Å². The molecule has 0 amide bonds. The number of aromatic carboxylic acids is 1. The van der Waals surface area contributed by atoms with E-state index in [0.717, 1.165) is 5.56 Å². The second-order valence-corrected chi connectivity index (χ2v) is 3.27.